The molecule has 3 rings (SSSR count). The smallest absolute Gasteiger partial charge is 0.288 e. The average Bonchev–Trinajstić information content (AvgIpc) is 3.08. The number of piperidine rings is 1. The Hall–Kier alpha value is -2.49. The second-order valence-corrected chi connectivity index (χ2v) is 7.76. The predicted octanol–water partition coefficient (Wildman–Crippen LogP) is 1.43. The number of sulfone groups is 1. The van der Waals surface area contributed by atoms with Crippen molar-refractivity contribution in [3.05, 3.63) is 41.0 Å². The van der Waals surface area contributed by atoms with E-state index in [2.05, 4.69) is 10.1 Å². The highest BCUT2D eigenvalue weighted by Crippen LogP contribution is 2.31. The third kappa shape index (κ3) is 3.23. The van der Waals surface area contributed by atoms with Crippen LogP contribution in [0.3, 0.4) is 0 Å². The molecule has 10 heteroatoms. The van der Waals surface area contributed by atoms with Crippen LogP contribution in [-0.4, -0.2) is 47.5 Å². The molecule has 128 valence electrons. The Morgan fingerprint density at radius 1 is 1.29 bits per heavy atom. The molecule has 0 atom stereocenters. The van der Waals surface area contributed by atoms with Crippen molar-refractivity contribution >= 4 is 21.2 Å². The minimum Gasteiger partial charge on any atom is -0.371 e. The van der Waals surface area contributed by atoms with E-state index in [0.717, 1.165) is 19.1 Å². The molecule has 0 radical (unpaired) electrons. The molecule has 1 aromatic carbocycles. The van der Waals surface area contributed by atoms with Crippen LogP contribution in [-0.2, 0) is 9.84 Å². The number of benzene rings is 1. The molecular weight excluding hydrogens is 334 g/mol. The molecule has 2 heterocycles. The minimum atomic E-state index is -3.68. The van der Waals surface area contributed by atoms with E-state index in [0.29, 0.717) is 18.8 Å². The minimum absolute atomic E-state index is 0.247. The summed E-state index contributed by atoms with van der Waals surface area (Å²) in [5, 5.41) is 15.2. The fraction of sp³-hybridized carbons (Fsp3) is 0.429. The largest absolute Gasteiger partial charge is 0.371 e. The van der Waals surface area contributed by atoms with E-state index >= 15 is 0 Å². The summed E-state index contributed by atoms with van der Waals surface area (Å²) >= 11 is 0. The molecule has 0 saturated carbocycles. The zero-order valence-electron chi connectivity index (χ0n) is 13.1. The van der Waals surface area contributed by atoms with Gasteiger partial charge in [-0.05, 0) is 25.0 Å². The summed E-state index contributed by atoms with van der Waals surface area (Å²) in [5.41, 5.74) is 0.289. The van der Waals surface area contributed by atoms with Gasteiger partial charge in [-0.15, -0.1) is 0 Å². The van der Waals surface area contributed by atoms with Gasteiger partial charge in [0, 0.05) is 31.1 Å². The van der Waals surface area contributed by atoms with Crippen LogP contribution in [0.15, 0.2) is 35.7 Å². The zero-order valence-corrected chi connectivity index (χ0v) is 13.9. The Kier molecular flexibility index (Phi) is 4.22. The van der Waals surface area contributed by atoms with E-state index in [9.17, 15) is 18.5 Å². The van der Waals surface area contributed by atoms with E-state index < -0.39 is 20.4 Å². The molecule has 1 aliphatic rings. The van der Waals surface area contributed by atoms with Crippen molar-refractivity contribution in [2.75, 3.05) is 24.2 Å². The lowest BCUT2D eigenvalue weighted by Gasteiger charge is -2.33. The lowest BCUT2D eigenvalue weighted by molar-refractivity contribution is -0.387. The number of aromatic nitrogens is 3. The maximum Gasteiger partial charge on any atom is 0.288 e. The summed E-state index contributed by atoms with van der Waals surface area (Å²) < 4.78 is 25.5. The van der Waals surface area contributed by atoms with Gasteiger partial charge < -0.3 is 4.90 Å². The van der Waals surface area contributed by atoms with Gasteiger partial charge in [0.1, 0.15) is 17.6 Å². The van der Waals surface area contributed by atoms with Gasteiger partial charge >= 0.3 is 0 Å². The van der Waals surface area contributed by atoms with Gasteiger partial charge in [-0.25, -0.2) is 18.1 Å². The van der Waals surface area contributed by atoms with Crippen molar-refractivity contribution in [3.8, 4) is 0 Å². The first-order valence-electron chi connectivity index (χ1n) is 7.44. The summed E-state index contributed by atoms with van der Waals surface area (Å²) in [6, 6.07) is 4.51. The molecule has 24 heavy (non-hydrogen) atoms. The number of nitrogens with zero attached hydrogens (tertiary/aromatic N) is 5. The highest BCUT2D eigenvalue weighted by Gasteiger charge is 2.26. The van der Waals surface area contributed by atoms with Gasteiger partial charge in [-0.3, -0.25) is 10.1 Å². The summed E-state index contributed by atoms with van der Waals surface area (Å²) in [4.78, 5) is 16.1. The number of anilines is 1. The van der Waals surface area contributed by atoms with Gasteiger partial charge in [0.15, 0.2) is 9.84 Å². The fourth-order valence-electron chi connectivity index (χ4n) is 2.94. The highest BCUT2D eigenvalue weighted by molar-refractivity contribution is 7.90. The lowest BCUT2D eigenvalue weighted by Crippen LogP contribution is -2.34. The second kappa shape index (κ2) is 6.19. The number of hydrogen-bond donors (Lipinski definition) is 0. The van der Waals surface area contributed by atoms with Crippen LogP contribution in [0, 0.1) is 10.1 Å². The van der Waals surface area contributed by atoms with Crippen molar-refractivity contribution in [1.29, 1.82) is 0 Å². The molecule has 0 N–H and O–H groups in total. The molecule has 0 aliphatic carbocycles. The second-order valence-electron chi connectivity index (χ2n) is 5.78. The molecule has 1 saturated heterocycles. The number of hydrogen-bond acceptors (Lipinski definition) is 7. The summed E-state index contributed by atoms with van der Waals surface area (Å²) in [6.07, 6.45) is 5.86. The van der Waals surface area contributed by atoms with E-state index in [-0.39, 0.29) is 10.9 Å². The standard InChI is InChI=1S/C14H17N5O4S/c1-24(22,23)14-8-12(2-3-13(14)19(20)21)17-6-4-11(5-7-17)18-10-15-9-16-18/h2-3,8-11H,4-7H2,1H3. The van der Waals surface area contributed by atoms with Gasteiger partial charge in [0.2, 0.25) is 0 Å². The molecule has 1 aliphatic heterocycles. The molecule has 0 spiro atoms. The number of nitro benzene ring substituents is 1. The van der Waals surface area contributed by atoms with Crippen molar-refractivity contribution in [3.63, 3.8) is 0 Å². The van der Waals surface area contributed by atoms with Crippen molar-refractivity contribution in [2.45, 2.75) is 23.8 Å². The van der Waals surface area contributed by atoms with Gasteiger partial charge in [0.25, 0.3) is 5.69 Å². The lowest BCUT2D eigenvalue weighted by atomic mass is 10.0. The van der Waals surface area contributed by atoms with Crippen LogP contribution in [0.2, 0.25) is 0 Å². The first kappa shape index (κ1) is 16.4. The third-order valence-corrected chi connectivity index (χ3v) is 5.31. The summed E-state index contributed by atoms with van der Waals surface area (Å²) in [5.74, 6) is 0. The fourth-order valence-corrected chi connectivity index (χ4v) is 3.80. The quantitative estimate of drug-likeness (QED) is 0.605. The van der Waals surface area contributed by atoms with Crippen LogP contribution < -0.4 is 4.90 Å². The molecule has 1 aromatic heterocycles. The van der Waals surface area contributed by atoms with E-state index in [4.69, 9.17) is 0 Å². The van der Waals surface area contributed by atoms with Crippen molar-refractivity contribution in [1.82, 2.24) is 14.8 Å². The third-order valence-electron chi connectivity index (χ3n) is 4.18. The van der Waals surface area contributed by atoms with Gasteiger partial charge in [-0.2, -0.15) is 5.10 Å². The van der Waals surface area contributed by atoms with E-state index in [1.807, 2.05) is 9.58 Å². The SMILES string of the molecule is CS(=O)(=O)c1cc(N2CCC(n3cncn3)CC2)ccc1[N+](=O)[O-]. The Morgan fingerprint density at radius 3 is 2.54 bits per heavy atom. The first-order chi connectivity index (χ1) is 11.4. The normalized spacial score (nSPS) is 16.3. The highest BCUT2D eigenvalue weighted by atomic mass is 32.2. The first-order valence-corrected chi connectivity index (χ1v) is 9.33. The predicted molar refractivity (Wildman–Crippen MR) is 86.7 cm³/mol. The van der Waals surface area contributed by atoms with E-state index in [1.54, 1.807) is 12.4 Å². The molecule has 1 fully saturated rings. The number of rotatable bonds is 4. The average molecular weight is 351 g/mol. The van der Waals surface area contributed by atoms with Crippen LogP contribution in [0.1, 0.15) is 18.9 Å². The van der Waals surface area contributed by atoms with Crippen LogP contribution in [0.4, 0.5) is 11.4 Å². The summed E-state index contributed by atoms with van der Waals surface area (Å²) in [7, 11) is -3.68. The molecule has 0 unspecified atom stereocenters. The van der Waals surface area contributed by atoms with Crippen molar-refractivity contribution in [2.24, 2.45) is 0 Å². The topological polar surface area (TPSA) is 111 Å². The van der Waals surface area contributed by atoms with Crippen LogP contribution in [0.25, 0.3) is 0 Å². The van der Waals surface area contributed by atoms with Crippen LogP contribution >= 0.6 is 0 Å². The maximum atomic E-state index is 11.9. The molecule has 2 aromatic rings. The van der Waals surface area contributed by atoms with Gasteiger partial charge in [-0.1, -0.05) is 0 Å². The van der Waals surface area contributed by atoms with Crippen LogP contribution in [0.5, 0.6) is 0 Å². The molecule has 9 nitrogen and oxygen atoms in total. The Bertz CT molecular complexity index is 842. The monoisotopic (exact) mass is 351 g/mol. The Morgan fingerprint density at radius 2 is 2.00 bits per heavy atom. The zero-order chi connectivity index (χ0) is 17.3. The summed E-state index contributed by atoms with van der Waals surface area (Å²) in [6.45, 7) is 1.43. The maximum absolute atomic E-state index is 11.9. The van der Waals surface area contributed by atoms with Crippen molar-refractivity contribution < 1.29 is 13.3 Å². The number of nitro groups is 1. The Labute approximate surface area is 139 Å². The van der Waals surface area contributed by atoms with E-state index in [1.165, 1.54) is 18.5 Å². The molecule has 0 bridgehead atoms. The van der Waals surface area contributed by atoms with Gasteiger partial charge in [0.05, 0.1) is 11.0 Å². The Balaban J connectivity index is 1.82. The molecular formula is C14H17N5O4S. The molecule has 0 amide bonds.